The highest BCUT2D eigenvalue weighted by Gasteiger charge is 2.39. The number of aromatic nitrogens is 1. The van der Waals surface area contributed by atoms with Gasteiger partial charge in [0.25, 0.3) is 0 Å². The molecule has 0 saturated carbocycles. The van der Waals surface area contributed by atoms with Gasteiger partial charge >= 0.3 is 5.97 Å². The first-order chi connectivity index (χ1) is 14.5. The monoisotopic (exact) mass is 494 g/mol. The van der Waals surface area contributed by atoms with Crippen LogP contribution in [0.3, 0.4) is 0 Å². The molecule has 1 atom stereocenters. The van der Waals surface area contributed by atoms with E-state index in [1.807, 2.05) is 5.38 Å². The predicted molar refractivity (Wildman–Crippen MR) is 115 cm³/mol. The molecule has 10 heteroatoms. The number of fused-ring (bicyclic) bond motifs is 1. The van der Waals surface area contributed by atoms with Crippen molar-refractivity contribution in [3.63, 3.8) is 0 Å². The number of amidine groups is 1. The molecule has 0 bridgehead atoms. The van der Waals surface area contributed by atoms with E-state index in [4.69, 9.17) is 14.5 Å². The first kappa shape index (κ1) is 22.1. The summed E-state index contributed by atoms with van der Waals surface area (Å²) in [5.41, 5.74) is 6.35. The number of rotatable bonds is 4. The van der Waals surface area contributed by atoms with Crippen LogP contribution in [0.4, 0.5) is 4.39 Å². The van der Waals surface area contributed by atoms with Gasteiger partial charge in [0.1, 0.15) is 11.9 Å². The van der Waals surface area contributed by atoms with E-state index in [9.17, 15) is 9.18 Å². The third kappa shape index (κ3) is 4.44. The summed E-state index contributed by atoms with van der Waals surface area (Å²) in [4.78, 5) is 32.8. The van der Waals surface area contributed by atoms with Gasteiger partial charge in [0.2, 0.25) is 6.41 Å². The van der Waals surface area contributed by atoms with E-state index in [2.05, 4.69) is 31.5 Å². The molecule has 0 aliphatic carbocycles. The lowest BCUT2D eigenvalue weighted by atomic mass is 9.94. The summed E-state index contributed by atoms with van der Waals surface area (Å²) in [6.07, 6.45) is 3.69. The van der Waals surface area contributed by atoms with E-state index < -0.39 is 6.04 Å². The molecular weight excluding hydrogens is 475 g/mol. The minimum atomic E-state index is -0.567. The number of aliphatic imine (C=N–C) groups is 1. The van der Waals surface area contributed by atoms with Crippen LogP contribution in [0.15, 0.2) is 50.5 Å². The molecule has 2 aromatic rings. The van der Waals surface area contributed by atoms with Gasteiger partial charge in [0, 0.05) is 28.3 Å². The smallest absolute Gasteiger partial charge is 0.338 e. The van der Waals surface area contributed by atoms with Crippen molar-refractivity contribution < 1.29 is 18.7 Å². The van der Waals surface area contributed by atoms with Gasteiger partial charge in [-0.05, 0) is 37.5 Å². The second-order valence-electron chi connectivity index (χ2n) is 6.33. The number of nitrogens with two attached hydrogens (primary N) is 1. The van der Waals surface area contributed by atoms with Gasteiger partial charge in [-0.2, -0.15) is 0 Å². The summed E-state index contributed by atoms with van der Waals surface area (Å²) in [6.45, 7) is 2.86. The average molecular weight is 495 g/mol. The lowest BCUT2D eigenvalue weighted by Gasteiger charge is -2.31. The van der Waals surface area contributed by atoms with Crippen LogP contribution in [0.1, 0.15) is 36.4 Å². The van der Waals surface area contributed by atoms with Crippen LogP contribution in [0.25, 0.3) is 0 Å². The Kier molecular flexibility index (Phi) is 7.33. The van der Waals surface area contributed by atoms with E-state index in [1.54, 1.807) is 19.2 Å². The minimum Gasteiger partial charge on any atom is -0.463 e. The zero-order chi connectivity index (χ0) is 21.7. The molecule has 1 unspecified atom stereocenters. The van der Waals surface area contributed by atoms with Crippen LogP contribution in [0.2, 0.25) is 0 Å². The lowest BCUT2D eigenvalue weighted by molar-refractivity contribution is -0.139. The molecule has 0 spiro atoms. The number of amides is 1. The number of carbonyl (C=O) groups excluding carboxylic acids is 2. The molecule has 2 aliphatic rings. The molecule has 1 saturated heterocycles. The Labute approximate surface area is 185 Å². The highest BCUT2D eigenvalue weighted by Crippen LogP contribution is 2.42. The van der Waals surface area contributed by atoms with Crippen LogP contribution in [-0.2, 0) is 14.3 Å². The SMILES string of the molecule is CCOC(=O)C1=C2CCCN2C(c2nccs2)=NC1c1ccc(F)cc1Br.NC=O. The molecule has 1 aromatic carbocycles. The van der Waals surface area contributed by atoms with Gasteiger partial charge in [-0.1, -0.05) is 22.0 Å². The number of hydrogen-bond acceptors (Lipinski definition) is 7. The molecular formula is C20H20BrFN4O3S. The van der Waals surface area contributed by atoms with Crippen LogP contribution in [0.5, 0.6) is 0 Å². The highest BCUT2D eigenvalue weighted by molar-refractivity contribution is 9.10. The van der Waals surface area contributed by atoms with Crippen LogP contribution < -0.4 is 5.73 Å². The molecule has 7 nitrogen and oxygen atoms in total. The first-order valence-corrected chi connectivity index (χ1v) is 10.9. The number of thiazole rings is 1. The van der Waals surface area contributed by atoms with E-state index in [0.717, 1.165) is 41.5 Å². The van der Waals surface area contributed by atoms with E-state index in [0.29, 0.717) is 10.0 Å². The molecule has 1 aromatic heterocycles. The number of primary amides is 1. The highest BCUT2D eigenvalue weighted by atomic mass is 79.9. The molecule has 158 valence electrons. The number of halogens is 2. The molecule has 4 rings (SSSR count). The molecule has 0 radical (unpaired) electrons. The summed E-state index contributed by atoms with van der Waals surface area (Å²) in [6, 6.07) is 3.87. The van der Waals surface area contributed by atoms with E-state index in [1.165, 1.54) is 23.5 Å². The van der Waals surface area contributed by atoms with Crippen molar-refractivity contribution >= 4 is 45.5 Å². The van der Waals surface area contributed by atoms with Gasteiger partial charge in [-0.3, -0.25) is 9.79 Å². The van der Waals surface area contributed by atoms with E-state index in [-0.39, 0.29) is 24.8 Å². The summed E-state index contributed by atoms with van der Waals surface area (Å²) < 4.78 is 19.5. The Balaban J connectivity index is 0.000000806. The van der Waals surface area contributed by atoms with Gasteiger partial charge in [-0.25, -0.2) is 14.2 Å². The molecule has 30 heavy (non-hydrogen) atoms. The molecule has 1 amide bonds. The zero-order valence-electron chi connectivity index (χ0n) is 16.2. The molecule has 3 heterocycles. The fraction of sp³-hybridized carbons (Fsp3) is 0.300. The number of ether oxygens (including phenoxy) is 1. The quantitative estimate of drug-likeness (QED) is 0.517. The third-order valence-corrected chi connectivity index (χ3v) is 6.04. The van der Waals surface area contributed by atoms with Crippen LogP contribution >= 0.6 is 27.3 Å². The van der Waals surface area contributed by atoms with Crippen molar-refractivity contribution in [3.05, 3.63) is 61.9 Å². The zero-order valence-corrected chi connectivity index (χ0v) is 18.6. The second kappa shape index (κ2) is 9.94. The Hall–Kier alpha value is -2.59. The standard InChI is InChI=1S/C19H17BrFN3O2S.CH3NO/c1-2-26-19(25)15-14-4-3-8-24(14)17(18-22-7-9-27-18)23-16(15)12-6-5-11(21)10-13(12)20;2-1-3/h5-7,9-10,16H,2-4,8H2,1H3;1H,(H2,2,3). The second-order valence-corrected chi connectivity index (χ2v) is 8.08. The molecule has 1 fully saturated rings. The Bertz CT molecular complexity index is 994. The number of allylic oxidation sites excluding steroid dienone is 1. The Morgan fingerprint density at radius 3 is 2.90 bits per heavy atom. The number of esters is 1. The summed E-state index contributed by atoms with van der Waals surface area (Å²) in [5, 5.41) is 2.71. The molecule has 2 aliphatic heterocycles. The van der Waals surface area contributed by atoms with E-state index >= 15 is 0 Å². The summed E-state index contributed by atoms with van der Waals surface area (Å²) in [7, 11) is 0. The number of carbonyl (C=O) groups is 2. The fourth-order valence-electron chi connectivity index (χ4n) is 3.49. The Morgan fingerprint density at radius 1 is 1.50 bits per heavy atom. The van der Waals surface area contributed by atoms with Gasteiger partial charge < -0.3 is 15.4 Å². The predicted octanol–water partition coefficient (Wildman–Crippen LogP) is 3.56. The third-order valence-electron chi connectivity index (χ3n) is 4.59. The van der Waals surface area contributed by atoms with Crippen LogP contribution in [-0.4, -0.2) is 41.3 Å². The van der Waals surface area contributed by atoms with Crippen molar-refractivity contribution in [2.24, 2.45) is 10.7 Å². The van der Waals surface area contributed by atoms with Crippen molar-refractivity contribution in [3.8, 4) is 0 Å². The summed E-state index contributed by atoms with van der Waals surface area (Å²) >= 11 is 4.94. The number of hydrogen-bond donors (Lipinski definition) is 1. The Morgan fingerprint density at radius 2 is 2.27 bits per heavy atom. The first-order valence-electron chi connectivity index (χ1n) is 9.27. The van der Waals surface area contributed by atoms with Crippen molar-refractivity contribution in [1.82, 2.24) is 9.88 Å². The number of nitrogens with zero attached hydrogens (tertiary/aromatic N) is 3. The van der Waals surface area contributed by atoms with Crippen molar-refractivity contribution in [2.45, 2.75) is 25.8 Å². The lowest BCUT2D eigenvalue weighted by Crippen LogP contribution is -2.35. The largest absolute Gasteiger partial charge is 0.463 e. The molecule has 2 N–H and O–H groups in total. The van der Waals surface area contributed by atoms with Gasteiger partial charge in [0.15, 0.2) is 10.8 Å². The van der Waals surface area contributed by atoms with Crippen molar-refractivity contribution in [2.75, 3.05) is 13.2 Å². The van der Waals surface area contributed by atoms with Crippen LogP contribution in [0, 0.1) is 5.82 Å². The maximum atomic E-state index is 13.6. The normalized spacial score (nSPS) is 17.6. The fourth-order valence-corrected chi connectivity index (χ4v) is 4.70. The average Bonchev–Trinajstić information content (AvgIpc) is 3.40. The maximum absolute atomic E-state index is 13.6. The van der Waals surface area contributed by atoms with Gasteiger partial charge in [-0.15, -0.1) is 11.3 Å². The maximum Gasteiger partial charge on any atom is 0.338 e. The number of benzene rings is 1. The van der Waals surface area contributed by atoms with Crippen molar-refractivity contribution in [1.29, 1.82) is 0 Å². The summed E-state index contributed by atoms with van der Waals surface area (Å²) in [5.74, 6) is 0.0349. The topological polar surface area (TPSA) is 97.9 Å². The van der Waals surface area contributed by atoms with Gasteiger partial charge in [0.05, 0.1) is 12.2 Å². The minimum absolute atomic E-state index is 0.250.